The number of carbonyl (C=O) groups is 1. The van der Waals surface area contributed by atoms with E-state index in [1.54, 1.807) is 6.92 Å². The van der Waals surface area contributed by atoms with Crippen molar-refractivity contribution in [3.05, 3.63) is 23.8 Å². The van der Waals surface area contributed by atoms with E-state index in [1.807, 2.05) is 18.2 Å². The van der Waals surface area contributed by atoms with Crippen molar-refractivity contribution in [2.75, 3.05) is 37.8 Å². The molecule has 1 fully saturated rings. The number of rotatable bonds is 3. The van der Waals surface area contributed by atoms with Crippen LogP contribution in [0.1, 0.15) is 24.2 Å². The number of benzene rings is 1. The zero-order valence-electron chi connectivity index (χ0n) is 12.2. The number of hydrogen-bond acceptors (Lipinski definition) is 4. The molecule has 2 unspecified atom stereocenters. The Bertz CT molecular complexity index is 484. The molecule has 2 rings (SSSR count). The number of nitrogen functional groups attached to an aromatic ring is 1. The Morgan fingerprint density at radius 2 is 2.05 bits per heavy atom. The maximum atomic E-state index is 11.6. The fourth-order valence-corrected chi connectivity index (χ4v) is 2.88. The van der Waals surface area contributed by atoms with Gasteiger partial charge in [0.2, 0.25) is 0 Å². The first kappa shape index (κ1) is 13.9. The van der Waals surface area contributed by atoms with E-state index in [0.29, 0.717) is 23.2 Å². The summed E-state index contributed by atoms with van der Waals surface area (Å²) < 4.78 is 0. The molecular weight excluding hydrogens is 238 g/mol. The second kappa shape index (κ2) is 5.21. The van der Waals surface area contributed by atoms with Gasteiger partial charge in [0.25, 0.3) is 0 Å². The zero-order valence-corrected chi connectivity index (χ0v) is 12.2. The highest BCUT2D eigenvalue weighted by Gasteiger charge is 2.31. The SMILES string of the molecule is CC(=O)c1cc(N2CC(C)C(N(C)C)C2)ccc1N. The topological polar surface area (TPSA) is 49.6 Å². The van der Waals surface area contributed by atoms with Crippen molar-refractivity contribution in [2.45, 2.75) is 19.9 Å². The number of nitrogens with zero attached hydrogens (tertiary/aromatic N) is 2. The van der Waals surface area contributed by atoms with Crippen molar-refractivity contribution in [2.24, 2.45) is 5.92 Å². The van der Waals surface area contributed by atoms with Crippen LogP contribution >= 0.6 is 0 Å². The molecule has 0 amide bonds. The lowest BCUT2D eigenvalue weighted by molar-refractivity contribution is 0.101. The minimum atomic E-state index is 0.0238. The first-order chi connectivity index (χ1) is 8.90. The molecular formula is C15H23N3O. The quantitative estimate of drug-likeness (QED) is 0.666. The molecule has 104 valence electrons. The molecule has 19 heavy (non-hydrogen) atoms. The van der Waals surface area contributed by atoms with Crippen molar-refractivity contribution in [3.63, 3.8) is 0 Å². The maximum absolute atomic E-state index is 11.6. The Hall–Kier alpha value is -1.55. The number of likely N-dealkylation sites (N-methyl/N-ethyl adjacent to an activating group) is 1. The third-order valence-electron chi connectivity index (χ3n) is 4.02. The lowest BCUT2D eigenvalue weighted by atomic mass is 10.1. The lowest BCUT2D eigenvalue weighted by Gasteiger charge is -2.23. The molecule has 0 aliphatic carbocycles. The van der Waals surface area contributed by atoms with E-state index in [9.17, 15) is 4.79 Å². The molecule has 1 heterocycles. The van der Waals surface area contributed by atoms with Crippen LogP contribution in [0.4, 0.5) is 11.4 Å². The van der Waals surface area contributed by atoms with Crippen LogP contribution in [0, 0.1) is 5.92 Å². The summed E-state index contributed by atoms with van der Waals surface area (Å²) in [6.07, 6.45) is 0. The van der Waals surface area contributed by atoms with Gasteiger partial charge in [0.1, 0.15) is 0 Å². The maximum Gasteiger partial charge on any atom is 0.161 e. The summed E-state index contributed by atoms with van der Waals surface area (Å²) in [7, 11) is 4.24. The van der Waals surface area contributed by atoms with Crippen molar-refractivity contribution in [3.8, 4) is 0 Å². The highest BCUT2D eigenvalue weighted by atomic mass is 16.1. The number of hydrogen-bond donors (Lipinski definition) is 1. The van der Waals surface area contributed by atoms with Crippen LogP contribution in [0.2, 0.25) is 0 Å². The fraction of sp³-hybridized carbons (Fsp3) is 0.533. The number of carbonyl (C=O) groups excluding carboxylic acids is 1. The van der Waals surface area contributed by atoms with E-state index in [-0.39, 0.29) is 5.78 Å². The molecule has 1 aliphatic rings. The summed E-state index contributed by atoms with van der Waals surface area (Å²) in [5, 5.41) is 0. The molecule has 2 N–H and O–H groups in total. The van der Waals surface area contributed by atoms with E-state index in [0.717, 1.165) is 18.8 Å². The van der Waals surface area contributed by atoms with Gasteiger partial charge in [-0.1, -0.05) is 6.92 Å². The molecule has 2 atom stereocenters. The Kier molecular flexibility index (Phi) is 3.80. The Labute approximate surface area is 115 Å². The minimum absolute atomic E-state index is 0.0238. The van der Waals surface area contributed by atoms with Crippen LogP contribution in [-0.4, -0.2) is 43.9 Å². The van der Waals surface area contributed by atoms with Gasteiger partial charge in [-0.3, -0.25) is 4.79 Å². The van der Waals surface area contributed by atoms with Gasteiger partial charge in [-0.05, 0) is 45.1 Å². The molecule has 0 bridgehead atoms. The molecule has 1 aliphatic heterocycles. The largest absolute Gasteiger partial charge is 0.398 e. The number of nitrogens with two attached hydrogens (primary N) is 1. The average Bonchev–Trinajstić information content (AvgIpc) is 2.71. The highest BCUT2D eigenvalue weighted by Crippen LogP contribution is 2.28. The zero-order chi connectivity index (χ0) is 14.2. The van der Waals surface area contributed by atoms with Crippen molar-refractivity contribution >= 4 is 17.2 Å². The molecule has 1 aromatic carbocycles. The van der Waals surface area contributed by atoms with Gasteiger partial charge >= 0.3 is 0 Å². The van der Waals surface area contributed by atoms with E-state index in [1.165, 1.54) is 0 Å². The predicted octanol–water partition coefficient (Wildman–Crippen LogP) is 1.86. The summed E-state index contributed by atoms with van der Waals surface area (Å²) in [6, 6.07) is 6.31. The summed E-state index contributed by atoms with van der Waals surface area (Å²) >= 11 is 0. The van der Waals surface area contributed by atoms with Gasteiger partial charge in [-0.2, -0.15) is 0 Å². The molecule has 1 saturated heterocycles. The molecule has 0 spiro atoms. The molecule has 1 aromatic rings. The second-order valence-electron chi connectivity index (χ2n) is 5.74. The first-order valence-electron chi connectivity index (χ1n) is 6.72. The van der Waals surface area contributed by atoms with Crippen LogP contribution in [0.25, 0.3) is 0 Å². The lowest BCUT2D eigenvalue weighted by Crippen LogP contribution is -2.34. The standard InChI is InChI=1S/C15H23N3O/c1-10-8-18(9-15(10)17(3)4)12-5-6-14(16)13(7-12)11(2)19/h5-7,10,15H,8-9,16H2,1-4H3. The Morgan fingerprint density at radius 1 is 1.37 bits per heavy atom. The van der Waals surface area contributed by atoms with Gasteiger partial charge in [0.05, 0.1) is 0 Å². The third kappa shape index (κ3) is 2.73. The van der Waals surface area contributed by atoms with Gasteiger partial charge < -0.3 is 15.5 Å². The smallest absolute Gasteiger partial charge is 0.161 e. The van der Waals surface area contributed by atoms with Crippen LogP contribution in [0.15, 0.2) is 18.2 Å². The molecule has 4 heteroatoms. The number of ketones is 1. The summed E-state index contributed by atoms with van der Waals surface area (Å²) in [4.78, 5) is 16.2. The van der Waals surface area contributed by atoms with Gasteiger partial charge in [-0.25, -0.2) is 0 Å². The molecule has 4 nitrogen and oxygen atoms in total. The molecule has 0 saturated carbocycles. The summed E-state index contributed by atoms with van der Waals surface area (Å²) in [5.74, 6) is 0.643. The van der Waals surface area contributed by atoms with Gasteiger partial charge in [0, 0.05) is 36.1 Å². The minimum Gasteiger partial charge on any atom is -0.398 e. The van der Waals surface area contributed by atoms with Crippen molar-refractivity contribution in [1.29, 1.82) is 0 Å². The van der Waals surface area contributed by atoms with Crippen LogP contribution in [0.5, 0.6) is 0 Å². The van der Waals surface area contributed by atoms with Crippen LogP contribution in [0.3, 0.4) is 0 Å². The summed E-state index contributed by atoms with van der Waals surface area (Å²) in [6.45, 7) is 5.85. The van der Waals surface area contributed by atoms with Crippen LogP contribution < -0.4 is 10.6 Å². The predicted molar refractivity (Wildman–Crippen MR) is 79.7 cm³/mol. The van der Waals surface area contributed by atoms with E-state index in [2.05, 4.69) is 30.8 Å². The Morgan fingerprint density at radius 3 is 2.58 bits per heavy atom. The highest BCUT2D eigenvalue weighted by molar-refractivity contribution is 6.00. The van der Waals surface area contributed by atoms with E-state index < -0.39 is 0 Å². The fourth-order valence-electron chi connectivity index (χ4n) is 2.88. The summed E-state index contributed by atoms with van der Waals surface area (Å²) in [5.41, 5.74) is 8.12. The third-order valence-corrected chi connectivity index (χ3v) is 4.02. The van der Waals surface area contributed by atoms with Crippen LogP contribution in [-0.2, 0) is 0 Å². The number of Topliss-reactive ketones (excluding diaryl/α,β-unsaturated/α-hetero) is 1. The average molecular weight is 261 g/mol. The van der Waals surface area contributed by atoms with Gasteiger partial charge in [0.15, 0.2) is 5.78 Å². The van der Waals surface area contributed by atoms with Crippen molar-refractivity contribution < 1.29 is 4.79 Å². The molecule has 0 radical (unpaired) electrons. The second-order valence-corrected chi connectivity index (χ2v) is 5.74. The number of anilines is 2. The van der Waals surface area contributed by atoms with E-state index in [4.69, 9.17) is 5.73 Å². The molecule has 0 aromatic heterocycles. The van der Waals surface area contributed by atoms with Crippen molar-refractivity contribution in [1.82, 2.24) is 4.90 Å². The van der Waals surface area contributed by atoms with Gasteiger partial charge in [-0.15, -0.1) is 0 Å². The van der Waals surface area contributed by atoms with E-state index >= 15 is 0 Å². The normalized spacial score (nSPS) is 23.1. The Balaban J connectivity index is 2.24. The first-order valence-corrected chi connectivity index (χ1v) is 6.72. The monoisotopic (exact) mass is 261 g/mol.